The molecule has 7 heteroatoms. The zero-order valence-corrected chi connectivity index (χ0v) is 10.7. The Morgan fingerprint density at radius 2 is 2.10 bits per heavy atom. The van der Waals surface area contributed by atoms with Crippen molar-refractivity contribution >= 4 is 16.8 Å². The minimum Gasteiger partial charge on any atom is -0.439 e. The van der Waals surface area contributed by atoms with Crippen molar-refractivity contribution in [3.63, 3.8) is 0 Å². The Morgan fingerprint density at radius 3 is 2.90 bits per heavy atom. The number of hydrogen-bond donors (Lipinski definition) is 1. The summed E-state index contributed by atoms with van der Waals surface area (Å²) in [4.78, 5) is 27.9. The summed E-state index contributed by atoms with van der Waals surface area (Å²) in [5, 5.41) is 0. The number of aryl methyl sites for hydroxylation is 1. The van der Waals surface area contributed by atoms with Crippen LogP contribution in [0.3, 0.4) is 0 Å². The predicted molar refractivity (Wildman–Crippen MR) is 73.5 cm³/mol. The molecule has 0 spiro atoms. The van der Waals surface area contributed by atoms with Gasteiger partial charge >= 0.3 is 5.69 Å². The Bertz CT molecular complexity index is 904. The van der Waals surface area contributed by atoms with Crippen LogP contribution in [0.2, 0.25) is 0 Å². The summed E-state index contributed by atoms with van der Waals surface area (Å²) < 4.78 is 7.89. The van der Waals surface area contributed by atoms with E-state index in [2.05, 4.69) is 4.98 Å². The van der Waals surface area contributed by atoms with Gasteiger partial charge in [0.25, 0.3) is 5.56 Å². The van der Waals surface area contributed by atoms with Crippen molar-refractivity contribution < 1.29 is 4.42 Å². The Balaban J connectivity index is 2.08. The highest BCUT2D eigenvalue weighted by molar-refractivity contribution is 5.76. The molecule has 1 aromatic carbocycles. The highest BCUT2D eigenvalue weighted by Crippen LogP contribution is 2.18. The normalized spacial score (nSPS) is 11.1. The van der Waals surface area contributed by atoms with Gasteiger partial charge in [0.05, 0.1) is 0 Å². The first kappa shape index (κ1) is 12.2. The quantitative estimate of drug-likeness (QED) is 0.678. The fraction of sp³-hybridized carbons (Fsp3) is 0.154. The van der Waals surface area contributed by atoms with Crippen LogP contribution in [-0.2, 0) is 13.6 Å². The number of fused-ring (bicyclic) bond motifs is 1. The van der Waals surface area contributed by atoms with E-state index in [0.29, 0.717) is 16.8 Å². The molecule has 0 aliphatic carbocycles. The first-order chi connectivity index (χ1) is 9.54. The predicted octanol–water partition coefficient (Wildman–Crippen LogP) is 0.319. The van der Waals surface area contributed by atoms with E-state index < -0.39 is 11.2 Å². The van der Waals surface area contributed by atoms with Crippen LogP contribution in [0, 0.1) is 0 Å². The molecule has 7 nitrogen and oxygen atoms in total. The van der Waals surface area contributed by atoms with Crippen molar-refractivity contribution in [1.29, 1.82) is 0 Å². The van der Waals surface area contributed by atoms with Crippen LogP contribution in [-0.4, -0.2) is 14.1 Å². The minimum atomic E-state index is -0.417. The van der Waals surface area contributed by atoms with Crippen molar-refractivity contribution in [3.8, 4) is 0 Å². The Labute approximate surface area is 112 Å². The maximum atomic E-state index is 11.9. The molecule has 0 amide bonds. The molecular weight excluding hydrogens is 260 g/mol. The van der Waals surface area contributed by atoms with Crippen molar-refractivity contribution in [2.75, 3.05) is 5.73 Å². The molecule has 0 saturated carbocycles. The van der Waals surface area contributed by atoms with E-state index >= 15 is 0 Å². The molecule has 20 heavy (non-hydrogen) atoms. The number of benzene rings is 1. The van der Waals surface area contributed by atoms with E-state index in [4.69, 9.17) is 10.2 Å². The lowest BCUT2D eigenvalue weighted by Gasteiger charge is -2.03. The Kier molecular flexibility index (Phi) is 2.67. The number of nitrogens with zero attached hydrogens (tertiary/aromatic N) is 3. The largest absolute Gasteiger partial charge is 0.439 e. The lowest BCUT2D eigenvalue weighted by molar-refractivity contribution is 0.489. The lowest BCUT2D eigenvalue weighted by Crippen LogP contribution is -2.38. The highest BCUT2D eigenvalue weighted by Gasteiger charge is 2.10. The molecule has 0 aliphatic rings. The molecule has 0 radical (unpaired) electrons. The third-order valence-corrected chi connectivity index (χ3v) is 2.99. The molecule has 0 bridgehead atoms. The molecule has 102 valence electrons. The van der Waals surface area contributed by atoms with Gasteiger partial charge in [-0.15, -0.1) is 0 Å². The number of anilines is 1. The van der Waals surface area contributed by atoms with Crippen molar-refractivity contribution in [1.82, 2.24) is 14.1 Å². The zero-order valence-electron chi connectivity index (χ0n) is 10.7. The molecular formula is C13H12N4O3. The SMILES string of the molecule is Cn1ccc(=O)n(Cc2nc3cc(N)ccc3o2)c1=O. The summed E-state index contributed by atoms with van der Waals surface area (Å²) in [6.45, 7) is -0.0130. The summed E-state index contributed by atoms with van der Waals surface area (Å²) in [5.41, 5.74) is 6.59. The second-order valence-corrected chi connectivity index (χ2v) is 4.47. The molecule has 3 rings (SSSR count). The third kappa shape index (κ3) is 1.99. The van der Waals surface area contributed by atoms with Crippen LogP contribution >= 0.6 is 0 Å². The molecule has 0 aliphatic heterocycles. The molecule has 0 atom stereocenters. The smallest absolute Gasteiger partial charge is 0.331 e. The van der Waals surface area contributed by atoms with Crippen LogP contribution in [0.15, 0.2) is 44.5 Å². The van der Waals surface area contributed by atoms with Gasteiger partial charge in [-0.2, -0.15) is 0 Å². The summed E-state index contributed by atoms with van der Waals surface area (Å²) >= 11 is 0. The van der Waals surface area contributed by atoms with Gasteiger partial charge in [0.2, 0.25) is 5.89 Å². The highest BCUT2D eigenvalue weighted by atomic mass is 16.3. The molecule has 0 saturated heterocycles. The summed E-state index contributed by atoms with van der Waals surface area (Å²) in [7, 11) is 1.57. The number of aromatic nitrogens is 3. The average Bonchev–Trinajstić information content (AvgIpc) is 2.81. The number of hydrogen-bond acceptors (Lipinski definition) is 5. The van der Waals surface area contributed by atoms with Gasteiger partial charge in [-0.25, -0.2) is 9.78 Å². The zero-order chi connectivity index (χ0) is 14.3. The summed E-state index contributed by atoms with van der Waals surface area (Å²) in [5.74, 6) is 0.288. The lowest BCUT2D eigenvalue weighted by atomic mass is 10.3. The molecule has 0 unspecified atom stereocenters. The van der Waals surface area contributed by atoms with Gasteiger partial charge in [-0.05, 0) is 18.2 Å². The van der Waals surface area contributed by atoms with Crippen LogP contribution in [0.1, 0.15) is 5.89 Å². The maximum absolute atomic E-state index is 11.9. The van der Waals surface area contributed by atoms with Crippen LogP contribution in [0.4, 0.5) is 5.69 Å². The molecule has 2 N–H and O–H groups in total. The topological polar surface area (TPSA) is 96.1 Å². The summed E-state index contributed by atoms with van der Waals surface area (Å²) in [6, 6.07) is 6.40. The van der Waals surface area contributed by atoms with E-state index in [1.807, 2.05) is 0 Å². The second kappa shape index (κ2) is 4.37. The standard InChI is InChI=1S/C13H12N4O3/c1-16-5-4-12(18)17(13(16)19)7-11-15-9-6-8(14)2-3-10(9)20-11/h2-6H,7,14H2,1H3. The number of nitrogen functional groups attached to an aromatic ring is 1. The molecule has 2 heterocycles. The molecule has 2 aromatic heterocycles. The van der Waals surface area contributed by atoms with E-state index in [1.165, 1.54) is 16.8 Å². The number of oxazole rings is 1. The van der Waals surface area contributed by atoms with E-state index in [-0.39, 0.29) is 12.4 Å². The monoisotopic (exact) mass is 272 g/mol. The van der Waals surface area contributed by atoms with Crippen molar-refractivity contribution in [2.24, 2.45) is 7.05 Å². The van der Waals surface area contributed by atoms with Crippen molar-refractivity contribution in [3.05, 3.63) is 57.2 Å². The fourth-order valence-corrected chi connectivity index (χ4v) is 1.95. The first-order valence-corrected chi connectivity index (χ1v) is 5.96. The van der Waals surface area contributed by atoms with Crippen molar-refractivity contribution in [2.45, 2.75) is 6.54 Å². The van der Waals surface area contributed by atoms with E-state index in [1.54, 1.807) is 25.2 Å². The van der Waals surface area contributed by atoms with Gasteiger partial charge in [-0.1, -0.05) is 0 Å². The fourth-order valence-electron chi connectivity index (χ4n) is 1.95. The maximum Gasteiger partial charge on any atom is 0.331 e. The average molecular weight is 272 g/mol. The van der Waals surface area contributed by atoms with Crippen LogP contribution in [0.5, 0.6) is 0 Å². The van der Waals surface area contributed by atoms with E-state index in [0.717, 1.165) is 4.57 Å². The van der Waals surface area contributed by atoms with Gasteiger partial charge in [0.15, 0.2) is 5.58 Å². The number of nitrogens with two attached hydrogens (primary N) is 1. The second-order valence-electron chi connectivity index (χ2n) is 4.47. The molecule has 0 fully saturated rings. The Hall–Kier alpha value is -2.83. The van der Waals surface area contributed by atoms with Crippen LogP contribution in [0.25, 0.3) is 11.1 Å². The van der Waals surface area contributed by atoms with Gasteiger partial charge in [-0.3, -0.25) is 9.36 Å². The summed E-state index contributed by atoms with van der Waals surface area (Å²) in [6.07, 6.45) is 1.42. The van der Waals surface area contributed by atoms with Gasteiger partial charge in [0.1, 0.15) is 12.1 Å². The van der Waals surface area contributed by atoms with Gasteiger partial charge < -0.3 is 14.7 Å². The Morgan fingerprint density at radius 1 is 1.30 bits per heavy atom. The van der Waals surface area contributed by atoms with Crippen LogP contribution < -0.4 is 17.0 Å². The van der Waals surface area contributed by atoms with Gasteiger partial charge in [0, 0.05) is 25.0 Å². The third-order valence-electron chi connectivity index (χ3n) is 2.99. The molecule has 3 aromatic rings. The number of rotatable bonds is 2. The first-order valence-electron chi connectivity index (χ1n) is 5.96. The minimum absolute atomic E-state index is 0.0130. The van der Waals surface area contributed by atoms with E-state index in [9.17, 15) is 9.59 Å².